The van der Waals surface area contributed by atoms with Crippen LogP contribution in [0.3, 0.4) is 0 Å². The number of hydrogen-bond acceptors (Lipinski definition) is 7. The smallest absolute Gasteiger partial charge is 0.151 e. The first-order valence-corrected chi connectivity index (χ1v) is 10.8. The van der Waals surface area contributed by atoms with Crippen molar-refractivity contribution in [3.63, 3.8) is 0 Å². The number of nitrogens with one attached hydrogen (secondary N) is 1. The van der Waals surface area contributed by atoms with E-state index in [1.165, 1.54) is 0 Å². The molecule has 0 saturated carbocycles. The van der Waals surface area contributed by atoms with Crippen molar-refractivity contribution in [1.82, 2.24) is 15.2 Å². The highest BCUT2D eigenvalue weighted by molar-refractivity contribution is 6.34. The van der Waals surface area contributed by atoms with E-state index in [-0.39, 0.29) is 17.6 Å². The molecular weight excluding hydrogens is 400 g/mol. The van der Waals surface area contributed by atoms with Gasteiger partial charge in [0.2, 0.25) is 0 Å². The quantitative estimate of drug-likeness (QED) is 0.749. The van der Waals surface area contributed by atoms with Crippen LogP contribution in [0.4, 0.5) is 0 Å². The zero-order valence-corrected chi connectivity index (χ0v) is 18.5. The van der Waals surface area contributed by atoms with Gasteiger partial charge in [-0.3, -0.25) is 4.99 Å². The van der Waals surface area contributed by atoms with Crippen molar-refractivity contribution < 1.29 is 4.79 Å². The Morgan fingerprint density at radius 3 is 2.63 bits per heavy atom. The van der Waals surface area contributed by atoms with Gasteiger partial charge in [0, 0.05) is 47.9 Å². The van der Waals surface area contributed by atoms with Gasteiger partial charge in [-0.25, -0.2) is 5.01 Å². The molecule has 0 radical (unpaired) electrons. The van der Waals surface area contributed by atoms with Gasteiger partial charge in [0.1, 0.15) is 12.6 Å². The normalized spacial score (nSPS) is 24.5. The zero-order chi connectivity index (χ0) is 21.7. The lowest BCUT2D eigenvalue weighted by molar-refractivity contribution is -0.0979. The van der Waals surface area contributed by atoms with Gasteiger partial charge in [-0.05, 0) is 31.5 Å². The number of likely N-dealkylation sites (tertiary alicyclic amines) is 1. The number of piperidine rings is 1. The molecule has 0 amide bonds. The molecule has 162 valence electrons. The van der Waals surface area contributed by atoms with E-state index in [0.717, 1.165) is 54.6 Å². The molecule has 3 aliphatic heterocycles. The molecule has 30 heavy (non-hydrogen) atoms. The van der Waals surface area contributed by atoms with Crippen molar-refractivity contribution in [3.8, 4) is 0 Å². The van der Waals surface area contributed by atoms with Gasteiger partial charge >= 0.3 is 0 Å². The fourth-order valence-electron chi connectivity index (χ4n) is 4.48. The summed E-state index contributed by atoms with van der Waals surface area (Å²) in [6.07, 6.45) is 6.04. The van der Waals surface area contributed by atoms with Crippen molar-refractivity contribution in [2.45, 2.75) is 38.4 Å². The number of hydrazone groups is 1. The van der Waals surface area contributed by atoms with Crippen molar-refractivity contribution >= 4 is 30.3 Å². The first-order chi connectivity index (χ1) is 14.6. The lowest BCUT2D eigenvalue weighted by atomic mass is 9.87. The second kappa shape index (κ2) is 9.73. The van der Waals surface area contributed by atoms with Crippen LogP contribution in [0.15, 0.2) is 46.3 Å². The highest BCUT2D eigenvalue weighted by atomic mass is 35.5. The molecule has 8 heteroatoms. The van der Waals surface area contributed by atoms with Gasteiger partial charge in [-0.15, -0.1) is 0 Å². The van der Waals surface area contributed by atoms with Crippen LogP contribution in [0.5, 0.6) is 0 Å². The first kappa shape index (κ1) is 22.5. The van der Waals surface area contributed by atoms with E-state index in [0.29, 0.717) is 6.54 Å². The van der Waals surface area contributed by atoms with Gasteiger partial charge in [-0.1, -0.05) is 43.6 Å². The molecule has 1 aromatic rings. The number of hydrogen-bond donors (Lipinski definition) is 2. The van der Waals surface area contributed by atoms with Gasteiger partial charge in [-0.2, -0.15) is 5.10 Å². The lowest BCUT2D eigenvalue weighted by Gasteiger charge is -2.45. The number of carbonyl (C=O) groups is 1. The lowest BCUT2D eigenvalue weighted by Crippen LogP contribution is -2.58. The molecule has 0 bridgehead atoms. The van der Waals surface area contributed by atoms with Crippen LogP contribution in [0.1, 0.15) is 32.3 Å². The maximum atomic E-state index is 8.00. The van der Waals surface area contributed by atoms with Crippen LogP contribution in [0, 0.1) is 5.92 Å². The van der Waals surface area contributed by atoms with Crippen LogP contribution in [-0.2, 0) is 4.79 Å². The van der Waals surface area contributed by atoms with E-state index < -0.39 is 0 Å². The molecule has 1 saturated heterocycles. The molecule has 1 fully saturated rings. The Balaban J connectivity index is 0.00000124. The molecule has 3 N–H and O–H groups in total. The second-order valence-electron chi connectivity index (χ2n) is 7.84. The number of allylic oxidation sites excluding steroid dienone is 1. The van der Waals surface area contributed by atoms with Crippen LogP contribution in [0.2, 0.25) is 5.02 Å². The highest BCUT2D eigenvalue weighted by Gasteiger charge is 2.41. The van der Waals surface area contributed by atoms with Crippen molar-refractivity contribution in [3.05, 3.63) is 46.7 Å². The second-order valence-corrected chi connectivity index (χ2v) is 8.24. The highest BCUT2D eigenvalue weighted by Crippen LogP contribution is 2.35. The summed E-state index contributed by atoms with van der Waals surface area (Å²) in [5.41, 5.74) is 8.14. The molecule has 1 aromatic carbocycles. The summed E-state index contributed by atoms with van der Waals surface area (Å²) in [5, 5.41) is 11.4. The summed E-state index contributed by atoms with van der Waals surface area (Å²) < 4.78 is 0. The predicted molar refractivity (Wildman–Crippen MR) is 123 cm³/mol. The molecule has 3 heterocycles. The minimum atomic E-state index is -0.0127. The van der Waals surface area contributed by atoms with E-state index in [9.17, 15) is 0 Å². The molecule has 0 aromatic heterocycles. The maximum Gasteiger partial charge on any atom is 0.151 e. The number of likely N-dealkylation sites (N-methyl/N-ethyl adjacent to an activating group) is 1. The first-order valence-electron chi connectivity index (χ1n) is 10.4. The number of carbonyl (C=O) groups excluding carboxylic acids is 1. The van der Waals surface area contributed by atoms with Gasteiger partial charge < -0.3 is 20.7 Å². The Hall–Kier alpha value is -2.22. The van der Waals surface area contributed by atoms with E-state index in [1.54, 1.807) is 0 Å². The van der Waals surface area contributed by atoms with Crippen LogP contribution >= 0.6 is 11.6 Å². The molecular formula is C22H31ClN6O. The monoisotopic (exact) mass is 430 g/mol. The van der Waals surface area contributed by atoms with E-state index in [2.05, 4.69) is 35.1 Å². The molecule has 0 aliphatic carbocycles. The Kier molecular flexibility index (Phi) is 7.28. The largest absolute Gasteiger partial charge is 0.357 e. The molecule has 2 atom stereocenters. The van der Waals surface area contributed by atoms with Crippen molar-refractivity contribution in [2.75, 3.05) is 26.2 Å². The van der Waals surface area contributed by atoms with Crippen LogP contribution < -0.4 is 11.1 Å². The average molecular weight is 431 g/mol. The van der Waals surface area contributed by atoms with E-state index in [4.69, 9.17) is 32.2 Å². The summed E-state index contributed by atoms with van der Waals surface area (Å²) in [6, 6.07) is 7.91. The Labute approximate surface area is 183 Å². The number of aliphatic imine (C=N–C) groups is 1. The van der Waals surface area contributed by atoms with Crippen molar-refractivity contribution in [2.24, 2.45) is 21.7 Å². The zero-order valence-electron chi connectivity index (χ0n) is 17.7. The Morgan fingerprint density at radius 2 is 2.00 bits per heavy atom. The summed E-state index contributed by atoms with van der Waals surface area (Å²) >= 11 is 6.45. The van der Waals surface area contributed by atoms with Crippen LogP contribution in [-0.4, -0.2) is 66.5 Å². The fourth-order valence-corrected chi connectivity index (χ4v) is 4.72. The van der Waals surface area contributed by atoms with Gasteiger partial charge in [0.15, 0.2) is 6.17 Å². The molecule has 4 rings (SSSR count). The molecule has 0 spiro atoms. The van der Waals surface area contributed by atoms with E-state index >= 15 is 0 Å². The summed E-state index contributed by atoms with van der Waals surface area (Å²) in [4.78, 5) is 15.1. The third-order valence-electron chi connectivity index (χ3n) is 6.18. The SMILES string of the molecule is C=O.CCNC1(CN)CCN(C2=CC=NC3C(C)C(c4ccccc4Cl)=NN23)CC1. The topological polar surface area (TPSA) is 86.3 Å². The number of fused-ring (bicyclic) bond motifs is 1. The van der Waals surface area contributed by atoms with Gasteiger partial charge in [0.05, 0.1) is 5.71 Å². The predicted octanol–water partition coefficient (Wildman–Crippen LogP) is 2.47. The minimum absolute atomic E-state index is 0.0127. The third-order valence-corrected chi connectivity index (χ3v) is 6.51. The number of rotatable bonds is 5. The summed E-state index contributed by atoms with van der Waals surface area (Å²) in [5.74, 6) is 1.30. The third kappa shape index (κ3) is 4.15. The standard InChI is InChI=1S/C21H29ClN6.CH2O/c1-3-25-21(14-23)9-12-27(13-10-21)18-8-11-24-20-15(2)19(26-28(18)20)16-6-4-5-7-17(16)22;1-2/h4-8,11,15,20,25H,3,9-10,12-14,23H2,1-2H3;1H2. The maximum absolute atomic E-state index is 8.00. The number of benzene rings is 1. The van der Waals surface area contributed by atoms with Crippen molar-refractivity contribution in [1.29, 1.82) is 0 Å². The number of halogens is 1. The van der Waals surface area contributed by atoms with Crippen LogP contribution in [0.25, 0.3) is 0 Å². The summed E-state index contributed by atoms with van der Waals surface area (Å²) in [6.45, 7) is 9.85. The molecule has 7 nitrogen and oxygen atoms in total. The van der Waals surface area contributed by atoms with Gasteiger partial charge in [0.25, 0.3) is 0 Å². The van der Waals surface area contributed by atoms with E-state index in [1.807, 2.05) is 37.3 Å². The minimum Gasteiger partial charge on any atom is -0.357 e. The average Bonchev–Trinajstić information content (AvgIpc) is 3.13. The molecule has 3 aliphatic rings. The Morgan fingerprint density at radius 1 is 1.30 bits per heavy atom. The fraction of sp³-hybridized carbons (Fsp3) is 0.500. The summed E-state index contributed by atoms with van der Waals surface area (Å²) in [7, 11) is 0. The Bertz CT molecular complexity index is 831. The number of nitrogens with two attached hydrogens (primary N) is 1. The number of nitrogens with zero attached hydrogens (tertiary/aromatic N) is 4. The molecule has 2 unspecified atom stereocenters.